The zero-order valence-corrected chi connectivity index (χ0v) is 15.3. The summed E-state index contributed by atoms with van der Waals surface area (Å²) in [6.07, 6.45) is -0.183. The molecule has 2 fully saturated rings. The number of methoxy groups -OCH3 is 3. The van der Waals surface area contributed by atoms with Crippen molar-refractivity contribution < 1.29 is 28.5 Å². The molecule has 2 amide bonds. The lowest BCUT2D eigenvalue weighted by molar-refractivity contribution is -0.153. The van der Waals surface area contributed by atoms with Gasteiger partial charge in [-0.2, -0.15) is 0 Å². The molecule has 1 aromatic rings. The second kappa shape index (κ2) is 7.92. The molecule has 142 valence electrons. The van der Waals surface area contributed by atoms with E-state index in [1.165, 1.54) is 7.11 Å². The van der Waals surface area contributed by atoms with Crippen molar-refractivity contribution in [2.45, 2.75) is 12.1 Å². The third kappa shape index (κ3) is 3.47. The predicted molar refractivity (Wildman–Crippen MR) is 92.6 cm³/mol. The normalized spacial score (nSPS) is 22.3. The molecule has 2 aliphatic heterocycles. The van der Waals surface area contributed by atoms with Crippen LogP contribution in [0, 0.1) is 0 Å². The minimum atomic E-state index is -0.183. The first-order valence-electron chi connectivity index (χ1n) is 8.50. The van der Waals surface area contributed by atoms with Crippen LogP contribution in [0.25, 0.3) is 0 Å². The Morgan fingerprint density at radius 2 is 2.04 bits per heavy atom. The van der Waals surface area contributed by atoms with E-state index in [2.05, 4.69) is 0 Å². The van der Waals surface area contributed by atoms with E-state index >= 15 is 0 Å². The van der Waals surface area contributed by atoms with Gasteiger partial charge in [-0.3, -0.25) is 9.59 Å². The van der Waals surface area contributed by atoms with E-state index in [0.717, 1.165) is 0 Å². The van der Waals surface area contributed by atoms with Gasteiger partial charge in [-0.25, -0.2) is 0 Å². The lowest BCUT2D eigenvalue weighted by atomic mass is 10.1. The number of hydrogen-bond donors (Lipinski definition) is 0. The lowest BCUT2D eigenvalue weighted by Crippen LogP contribution is -2.54. The molecule has 0 aliphatic carbocycles. The molecule has 2 atom stereocenters. The topological polar surface area (TPSA) is 77.5 Å². The second-order valence-electron chi connectivity index (χ2n) is 6.27. The molecule has 0 bridgehead atoms. The van der Waals surface area contributed by atoms with Gasteiger partial charge in [0, 0.05) is 32.8 Å². The number of ether oxygens (including phenoxy) is 4. The van der Waals surface area contributed by atoms with Crippen molar-refractivity contribution in [3.05, 3.63) is 23.8 Å². The fourth-order valence-electron chi connectivity index (χ4n) is 3.46. The number of carbonyl (C=O) groups is 2. The maximum absolute atomic E-state index is 13.0. The van der Waals surface area contributed by atoms with Gasteiger partial charge in [-0.1, -0.05) is 0 Å². The number of carbonyl (C=O) groups excluding carboxylic acids is 2. The summed E-state index contributed by atoms with van der Waals surface area (Å²) >= 11 is 0. The average Bonchev–Trinajstić information content (AvgIpc) is 3.10. The molecule has 26 heavy (non-hydrogen) atoms. The maximum Gasteiger partial charge on any atom is 0.257 e. The van der Waals surface area contributed by atoms with Crippen molar-refractivity contribution >= 4 is 11.8 Å². The first kappa shape index (κ1) is 18.5. The van der Waals surface area contributed by atoms with Crippen LogP contribution in [0.2, 0.25) is 0 Å². The van der Waals surface area contributed by atoms with Crippen LogP contribution in [0.5, 0.6) is 11.5 Å². The Kier molecular flexibility index (Phi) is 5.63. The molecule has 0 saturated carbocycles. The van der Waals surface area contributed by atoms with Gasteiger partial charge < -0.3 is 28.7 Å². The number of amides is 2. The van der Waals surface area contributed by atoms with Crippen LogP contribution in [0.1, 0.15) is 10.4 Å². The van der Waals surface area contributed by atoms with Crippen molar-refractivity contribution in [3.63, 3.8) is 0 Å². The van der Waals surface area contributed by atoms with Crippen LogP contribution in [0.4, 0.5) is 0 Å². The van der Waals surface area contributed by atoms with E-state index < -0.39 is 0 Å². The van der Waals surface area contributed by atoms with Crippen molar-refractivity contribution in [1.29, 1.82) is 0 Å². The molecule has 2 aliphatic rings. The monoisotopic (exact) mass is 364 g/mol. The van der Waals surface area contributed by atoms with Crippen LogP contribution < -0.4 is 9.47 Å². The minimum Gasteiger partial charge on any atom is -0.497 e. The summed E-state index contributed by atoms with van der Waals surface area (Å²) in [5.74, 6) is 0.854. The SMILES string of the molecule is COCCN1C(=O)CO[C@@H]2CN(C(=O)c3ccc(OC)cc3OC)C[C@H]21. The Bertz CT molecular complexity index is 680. The van der Waals surface area contributed by atoms with Crippen molar-refractivity contribution in [2.24, 2.45) is 0 Å². The summed E-state index contributed by atoms with van der Waals surface area (Å²) in [5, 5.41) is 0. The summed E-state index contributed by atoms with van der Waals surface area (Å²) in [5.41, 5.74) is 0.460. The van der Waals surface area contributed by atoms with E-state index in [9.17, 15) is 9.59 Å². The van der Waals surface area contributed by atoms with E-state index in [1.807, 2.05) is 0 Å². The summed E-state index contributed by atoms with van der Waals surface area (Å²) < 4.78 is 21.3. The third-order valence-electron chi connectivity index (χ3n) is 4.84. The predicted octanol–water partition coefficient (Wildman–Crippen LogP) is 0.402. The van der Waals surface area contributed by atoms with Gasteiger partial charge in [0.1, 0.15) is 18.1 Å². The first-order chi connectivity index (χ1) is 12.6. The number of rotatable bonds is 6. The van der Waals surface area contributed by atoms with Crippen molar-refractivity contribution in [3.8, 4) is 11.5 Å². The Morgan fingerprint density at radius 1 is 1.23 bits per heavy atom. The van der Waals surface area contributed by atoms with Crippen LogP contribution in [0.15, 0.2) is 18.2 Å². The number of likely N-dealkylation sites (tertiary alicyclic amines) is 1. The van der Waals surface area contributed by atoms with Gasteiger partial charge >= 0.3 is 0 Å². The molecule has 0 spiro atoms. The Labute approximate surface area is 152 Å². The summed E-state index contributed by atoms with van der Waals surface area (Å²) in [4.78, 5) is 28.6. The van der Waals surface area contributed by atoms with Gasteiger partial charge in [0.15, 0.2) is 0 Å². The molecule has 0 radical (unpaired) electrons. The minimum absolute atomic E-state index is 0.0404. The lowest BCUT2D eigenvalue weighted by Gasteiger charge is -2.36. The smallest absolute Gasteiger partial charge is 0.257 e. The van der Waals surface area contributed by atoms with Crippen LogP contribution in [-0.2, 0) is 14.3 Å². The van der Waals surface area contributed by atoms with Crippen LogP contribution in [0.3, 0.4) is 0 Å². The number of nitrogens with zero attached hydrogens (tertiary/aromatic N) is 2. The first-order valence-corrected chi connectivity index (χ1v) is 8.50. The molecule has 1 aromatic carbocycles. The van der Waals surface area contributed by atoms with E-state index in [0.29, 0.717) is 43.3 Å². The zero-order chi connectivity index (χ0) is 18.7. The highest BCUT2D eigenvalue weighted by Gasteiger charge is 2.44. The second-order valence-corrected chi connectivity index (χ2v) is 6.27. The molecule has 8 nitrogen and oxygen atoms in total. The van der Waals surface area contributed by atoms with Crippen LogP contribution in [-0.4, -0.2) is 87.9 Å². The summed E-state index contributed by atoms with van der Waals surface area (Å²) in [7, 11) is 4.68. The summed E-state index contributed by atoms with van der Waals surface area (Å²) in [6, 6.07) is 4.95. The standard InChI is InChI=1S/C18H24N2O6/c1-23-7-6-20-14-9-19(10-16(14)26-11-17(20)21)18(22)13-5-4-12(24-2)8-15(13)25-3/h4-5,8,14,16H,6-7,9-11H2,1-3H3/t14-,16-/m1/s1. The fourth-order valence-corrected chi connectivity index (χ4v) is 3.46. The molecule has 2 heterocycles. The molecule has 0 N–H and O–H groups in total. The zero-order valence-electron chi connectivity index (χ0n) is 15.3. The third-order valence-corrected chi connectivity index (χ3v) is 4.84. The maximum atomic E-state index is 13.0. The number of hydrogen-bond acceptors (Lipinski definition) is 6. The molecule has 8 heteroatoms. The van der Waals surface area contributed by atoms with Crippen molar-refractivity contribution in [2.75, 3.05) is 54.2 Å². The summed E-state index contributed by atoms with van der Waals surface area (Å²) in [6.45, 7) is 1.85. The Balaban J connectivity index is 1.77. The van der Waals surface area contributed by atoms with E-state index in [4.69, 9.17) is 18.9 Å². The number of morpholine rings is 1. The molecule has 3 rings (SSSR count). The molecule has 2 saturated heterocycles. The van der Waals surface area contributed by atoms with E-state index in [-0.39, 0.29) is 30.6 Å². The van der Waals surface area contributed by atoms with Crippen molar-refractivity contribution in [1.82, 2.24) is 9.80 Å². The highest BCUT2D eigenvalue weighted by Crippen LogP contribution is 2.29. The highest BCUT2D eigenvalue weighted by atomic mass is 16.5. The number of benzene rings is 1. The molecular formula is C18H24N2O6. The highest BCUT2D eigenvalue weighted by molar-refractivity contribution is 5.97. The van der Waals surface area contributed by atoms with Gasteiger partial charge in [0.25, 0.3) is 5.91 Å². The van der Waals surface area contributed by atoms with Gasteiger partial charge in [-0.05, 0) is 12.1 Å². The average molecular weight is 364 g/mol. The molecular weight excluding hydrogens is 340 g/mol. The Morgan fingerprint density at radius 3 is 2.73 bits per heavy atom. The van der Waals surface area contributed by atoms with Gasteiger partial charge in [-0.15, -0.1) is 0 Å². The van der Waals surface area contributed by atoms with Crippen LogP contribution >= 0.6 is 0 Å². The largest absolute Gasteiger partial charge is 0.497 e. The Hall–Kier alpha value is -2.32. The number of fused-ring (bicyclic) bond motifs is 1. The fraction of sp³-hybridized carbons (Fsp3) is 0.556. The molecule has 0 unspecified atom stereocenters. The van der Waals surface area contributed by atoms with Gasteiger partial charge in [0.2, 0.25) is 5.91 Å². The van der Waals surface area contributed by atoms with E-state index in [1.54, 1.807) is 42.2 Å². The van der Waals surface area contributed by atoms with Gasteiger partial charge in [0.05, 0.1) is 38.5 Å². The molecule has 0 aromatic heterocycles. The quantitative estimate of drug-likeness (QED) is 0.727.